The van der Waals surface area contributed by atoms with E-state index in [0.29, 0.717) is 22.5 Å². The topological polar surface area (TPSA) is 55.2 Å². The average Bonchev–Trinajstić information content (AvgIpc) is 2.39. The smallest absolute Gasteiger partial charge is 0.273 e. The van der Waals surface area contributed by atoms with Crippen molar-refractivity contribution in [1.82, 2.24) is 5.32 Å². The van der Waals surface area contributed by atoms with Gasteiger partial charge in [-0.3, -0.25) is 10.1 Å². The van der Waals surface area contributed by atoms with Crippen LogP contribution >= 0.6 is 11.6 Å². The highest BCUT2D eigenvalue weighted by Gasteiger charge is 2.26. The molecule has 0 atom stereocenters. The van der Waals surface area contributed by atoms with Crippen LogP contribution in [-0.4, -0.2) is 11.5 Å². The summed E-state index contributed by atoms with van der Waals surface area (Å²) in [5.74, 6) is 0. The van der Waals surface area contributed by atoms with Crippen molar-refractivity contribution in [2.45, 2.75) is 45.6 Å². The van der Waals surface area contributed by atoms with Crippen molar-refractivity contribution >= 4 is 17.3 Å². The van der Waals surface area contributed by atoms with Gasteiger partial charge in [-0.2, -0.15) is 0 Å². The van der Waals surface area contributed by atoms with Gasteiger partial charge < -0.3 is 5.32 Å². The molecule has 5 heteroatoms. The Morgan fingerprint density at radius 2 is 2.05 bits per heavy atom. The van der Waals surface area contributed by atoms with Crippen LogP contribution in [0.2, 0.25) is 5.02 Å². The number of rotatable bonds is 5. The molecule has 1 aliphatic rings. The second kappa shape index (κ2) is 6.55. The molecule has 2 rings (SSSR count). The van der Waals surface area contributed by atoms with Gasteiger partial charge in [-0.25, -0.2) is 0 Å². The van der Waals surface area contributed by atoms with E-state index >= 15 is 0 Å². The van der Waals surface area contributed by atoms with E-state index in [0.717, 1.165) is 6.54 Å². The number of halogens is 1. The average molecular weight is 297 g/mol. The molecule has 1 aromatic carbocycles. The van der Waals surface area contributed by atoms with Crippen LogP contribution in [0.5, 0.6) is 0 Å². The van der Waals surface area contributed by atoms with Crippen LogP contribution in [0.15, 0.2) is 18.2 Å². The molecule has 1 fully saturated rings. The SMILES string of the molecule is CC1(CNCc2cc(Cl)ccc2[N+](=O)[O-])CCCCC1. The Labute approximate surface area is 124 Å². The third-order valence-electron chi connectivity index (χ3n) is 4.17. The summed E-state index contributed by atoms with van der Waals surface area (Å²) >= 11 is 5.93. The third kappa shape index (κ3) is 3.93. The number of nitrogens with zero attached hydrogens (tertiary/aromatic N) is 1. The predicted octanol–water partition coefficient (Wildman–Crippen LogP) is 4.31. The summed E-state index contributed by atoms with van der Waals surface area (Å²) < 4.78 is 0. The first-order valence-corrected chi connectivity index (χ1v) is 7.52. The fraction of sp³-hybridized carbons (Fsp3) is 0.600. The Morgan fingerprint density at radius 1 is 1.35 bits per heavy atom. The summed E-state index contributed by atoms with van der Waals surface area (Å²) in [7, 11) is 0. The minimum atomic E-state index is -0.352. The van der Waals surface area contributed by atoms with E-state index in [9.17, 15) is 10.1 Å². The van der Waals surface area contributed by atoms with E-state index < -0.39 is 0 Å². The van der Waals surface area contributed by atoms with Crippen molar-refractivity contribution in [3.8, 4) is 0 Å². The van der Waals surface area contributed by atoms with Gasteiger partial charge in [0.15, 0.2) is 0 Å². The quantitative estimate of drug-likeness (QED) is 0.651. The summed E-state index contributed by atoms with van der Waals surface area (Å²) in [6.45, 7) is 3.69. The lowest BCUT2D eigenvalue weighted by molar-refractivity contribution is -0.385. The summed E-state index contributed by atoms with van der Waals surface area (Å²) in [5, 5.41) is 14.9. The van der Waals surface area contributed by atoms with E-state index in [1.165, 1.54) is 38.2 Å². The van der Waals surface area contributed by atoms with Crippen LogP contribution in [0, 0.1) is 15.5 Å². The molecule has 1 aromatic rings. The Bertz CT molecular complexity index is 485. The Kier molecular flexibility index (Phi) is 5.00. The fourth-order valence-electron chi connectivity index (χ4n) is 2.95. The first-order chi connectivity index (χ1) is 9.50. The molecule has 1 N–H and O–H groups in total. The van der Waals surface area contributed by atoms with Crippen LogP contribution in [0.25, 0.3) is 0 Å². The molecule has 1 saturated carbocycles. The number of nitro benzene ring substituents is 1. The van der Waals surface area contributed by atoms with Gasteiger partial charge in [0.2, 0.25) is 0 Å². The number of nitro groups is 1. The normalized spacial score (nSPS) is 17.9. The molecule has 0 saturated heterocycles. The molecule has 0 unspecified atom stereocenters. The summed E-state index contributed by atoms with van der Waals surface area (Å²) in [5.41, 5.74) is 1.11. The van der Waals surface area contributed by atoms with Crippen LogP contribution in [0.4, 0.5) is 5.69 Å². The highest BCUT2D eigenvalue weighted by Crippen LogP contribution is 2.35. The second-order valence-electron chi connectivity index (χ2n) is 6.01. The van der Waals surface area contributed by atoms with E-state index in [1.807, 2.05) is 0 Å². The zero-order valence-electron chi connectivity index (χ0n) is 11.8. The monoisotopic (exact) mass is 296 g/mol. The maximum absolute atomic E-state index is 11.0. The zero-order chi connectivity index (χ0) is 14.6. The standard InChI is InChI=1S/C15H21ClN2O2/c1-15(7-3-2-4-8-15)11-17-10-12-9-13(16)5-6-14(12)18(19)20/h5-6,9,17H,2-4,7-8,10-11H2,1H3. The first kappa shape index (κ1) is 15.3. The molecule has 1 aliphatic carbocycles. The van der Waals surface area contributed by atoms with Crippen LogP contribution in [0.3, 0.4) is 0 Å². The number of hydrogen-bond acceptors (Lipinski definition) is 3. The molecule has 0 spiro atoms. The van der Waals surface area contributed by atoms with Crippen LogP contribution < -0.4 is 5.32 Å². The maximum atomic E-state index is 11.0. The first-order valence-electron chi connectivity index (χ1n) is 7.14. The second-order valence-corrected chi connectivity index (χ2v) is 6.44. The summed E-state index contributed by atoms with van der Waals surface area (Å²) in [4.78, 5) is 10.6. The molecular weight excluding hydrogens is 276 g/mol. The minimum absolute atomic E-state index is 0.135. The largest absolute Gasteiger partial charge is 0.312 e. The van der Waals surface area contributed by atoms with Crippen molar-refractivity contribution in [2.24, 2.45) is 5.41 Å². The highest BCUT2D eigenvalue weighted by molar-refractivity contribution is 6.30. The van der Waals surface area contributed by atoms with E-state index in [2.05, 4.69) is 12.2 Å². The molecule has 0 heterocycles. The lowest BCUT2D eigenvalue weighted by Gasteiger charge is -2.33. The molecule has 0 aliphatic heterocycles. The van der Waals surface area contributed by atoms with Crippen molar-refractivity contribution < 1.29 is 4.92 Å². The van der Waals surface area contributed by atoms with Gasteiger partial charge >= 0.3 is 0 Å². The van der Waals surface area contributed by atoms with Crippen LogP contribution in [-0.2, 0) is 6.54 Å². The fourth-order valence-corrected chi connectivity index (χ4v) is 3.15. The maximum Gasteiger partial charge on any atom is 0.273 e. The molecule has 0 amide bonds. The Hall–Kier alpha value is -1.13. The van der Waals surface area contributed by atoms with Gasteiger partial charge in [0.25, 0.3) is 5.69 Å². The Balaban J connectivity index is 1.96. The van der Waals surface area contributed by atoms with Crippen LogP contribution in [0.1, 0.15) is 44.6 Å². The predicted molar refractivity (Wildman–Crippen MR) is 81.0 cm³/mol. The van der Waals surface area contributed by atoms with Gasteiger partial charge in [-0.15, -0.1) is 0 Å². The van der Waals surface area contributed by atoms with Crippen molar-refractivity contribution in [3.63, 3.8) is 0 Å². The molecule has 0 radical (unpaired) electrons. The lowest BCUT2D eigenvalue weighted by Crippen LogP contribution is -2.33. The lowest BCUT2D eigenvalue weighted by atomic mass is 9.76. The van der Waals surface area contributed by atoms with E-state index in [4.69, 9.17) is 11.6 Å². The number of hydrogen-bond donors (Lipinski definition) is 1. The van der Waals surface area contributed by atoms with E-state index in [1.54, 1.807) is 12.1 Å². The highest BCUT2D eigenvalue weighted by atomic mass is 35.5. The molecule has 0 bridgehead atoms. The van der Waals surface area contributed by atoms with Gasteiger partial charge in [0.05, 0.1) is 4.92 Å². The molecule has 4 nitrogen and oxygen atoms in total. The number of benzene rings is 1. The van der Waals surface area contributed by atoms with Crippen molar-refractivity contribution in [1.29, 1.82) is 0 Å². The molecule has 110 valence electrons. The van der Waals surface area contributed by atoms with Gasteiger partial charge in [-0.1, -0.05) is 37.8 Å². The Morgan fingerprint density at radius 3 is 2.70 bits per heavy atom. The minimum Gasteiger partial charge on any atom is -0.312 e. The molecular formula is C15H21ClN2O2. The van der Waals surface area contributed by atoms with Gasteiger partial charge in [0.1, 0.15) is 0 Å². The van der Waals surface area contributed by atoms with Gasteiger partial charge in [-0.05, 0) is 30.4 Å². The van der Waals surface area contributed by atoms with E-state index in [-0.39, 0.29) is 10.6 Å². The zero-order valence-corrected chi connectivity index (χ0v) is 12.6. The number of nitrogens with one attached hydrogen (secondary N) is 1. The third-order valence-corrected chi connectivity index (χ3v) is 4.40. The molecule has 0 aromatic heterocycles. The van der Waals surface area contributed by atoms with Crippen molar-refractivity contribution in [3.05, 3.63) is 38.9 Å². The van der Waals surface area contributed by atoms with Gasteiger partial charge in [0, 0.05) is 29.7 Å². The van der Waals surface area contributed by atoms with Crippen molar-refractivity contribution in [2.75, 3.05) is 6.54 Å². The summed E-state index contributed by atoms with van der Waals surface area (Å²) in [6.07, 6.45) is 6.37. The molecule has 20 heavy (non-hydrogen) atoms. The summed E-state index contributed by atoms with van der Waals surface area (Å²) in [6, 6.07) is 4.71.